The molecule has 0 amide bonds. The Kier molecular flexibility index (Phi) is 10.1. The molecule has 34 heavy (non-hydrogen) atoms. The van der Waals surface area contributed by atoms with Crippen molar-refractivity contribution in [2.75, 3.05) is 13.7 Å². The maximum absolute atomic E-state index is 11.9. The van der Waals surface area contributed by atoms with E-state index in [-0.39, 0.29) is 0 Å². The summed E-state index contributed by atoms with van der Waals surface area (Å²) in [5.41, 5.74) is 6.43. The van der Waals surface area contributed by atoms with Crippen LogP contribution in [-0.2, 0) is 14.3 Å². The van der Waals surface area contributed by atoms with Crippen molar-refractivity contribution in [2.24, 2.45) is 0 Å². The fourth-order valence-electron chi connectivity index (χ4n) is 3.21. The summed E-state index contributed by atoms with van der Waals surface area (Å²) >= 11 is 0. The highest BCUT2D eigenvalue weighted by atomic mass is 16.6. The van der Waals surface area contributed by atoms with Gasteiger partial charge in [0.1, 0.15) is 11.5 Å². The Bertz CT molecular complexity index is 1130. The summed E-state index contributed by atoms with van der Waals surface area (Å²) in [5.74, 6) is 0.0654. The zero-order valence-corrected chi connectivity index (χ0v) is 20.7. The average molecular weight is 461 g/mol. The molecule has 0 saturated carbocycles. The minimum absolute atomic E-state index is 0.404. The Morgan fingerprint density at radius 2 is 1.65 bits per heavy atom. The van der Waals surface area contributed by atoms with Crippen molar-refractivity contribution in [3.8, 4) is 11.5 Å². The van der Waals surface area contributed by atoms with Gasteiger partial charge in [-0.25, -0.2) is 9.59 Å². The highest BCUT2D eigenvalue weighted by Crippen LogP contribution is 2.28. The first-order chi connectivity index (χ1) is 16.2. The third-order valence-corrected chi connectivity index (χ3v) is 5.21. The number of hydrogen-bond donors (Lipinski definition) is 0. The highest BCUT2D eigenvalue weighted by Gasteiger charge is 2.09. The van der Waals surface area contributed by atoms with Crippen LogP contribution in [0.1, 0.15) is 36.1 Å². The molecule has 5 heteroatoms. The second kappa shape index (κ2) is 13.0. The maximum Gasteiger partial charge on any atom is 0.349 e. The topological polar surface area (TPSA) is 61.8 Å². The van der Waals surface area contributed by atoms with E-state index in [1.807, 2.05) is 25.1 Å². The van der Waals surface area contributed by atoms with Crippen molar-refractivity contribution in [1.29, 1.82) is 0 Å². The van der Waals surface area contributed by atoms with Crippen LogP contribution in [0.25, 0.3) is 6.08 Å². The monoisotopic (exact) mass is 460 g/mol. The minimum atomic E-state index is -0.635. The van der Waals surface area contributed by atoms with Gasteiger partial charge in [-0.05, 0) is 80.6 Å². The number of methoxy groups -OCH3 is 1. The number of esters is 2. The lowest BCUT2D eigenvalue weighted by atomic mass is 9.96. The summed E-state index contributed by atoms with van der Waals surface area (Å²) in [4.78, 5) is 23.7. The molecule has 0 radical (unpaired) electrons. The Morgan fingerprint density at radius 3 is 2.32 bits per heavy atom. The third kappa shape index (κ3) is 8.24. The molecule has 2 aromatic rings. The molecule has 2 rings (SSSR count). The number of hydrogen-bond acceptors (Lipinski definition) is 5. The first-order valence-corrected chi connectivity index (χ1v) is 11.0. The van der Waals surface area contributed by atoms with Gasteiger partial charge in [0, 0.05) is 6.08 Å². The van der Waals surface area contributed by atoms with Gasteiger partial charge in [-0.3, -0.25) is 0 Å². The van der Waals surface area contributed by atoms with E-state index < -0.39 is 18.5 Å². The number of carbonyl (C=O) groups is 2. The molecule has 0 aromatic heterocycles. The lowest BCUT2D eigenvalue weighted by Crippen LogP contribution is -2.17. The summed E-state index contributed by atoms with van der Waals surface area (Å²) in [6.07, 6.45) is 11.1. The molecular weight excluding hydrogens is 428 g/mol. The van der Waals surface area contributed by atoms with Crippen LogP contribution in [0.15, 0.2) is 77.9 Å². The number of rotatable bonds is 9. The summed E-state index contributed by atoms with van der Waals surface area (Å²) in [6, 6.07) is 10.7. The predicted molar refractivity (Wildman–Crippen MR) is 136 cm³/mol. The van der Waals surface area contributed by atoms with Crippen molar-refractivity contribution >= 4 is 18.0 Å². The Labute approximate surface area is 202 Å². The van der Waals surface area contributed by atoms with Gasteiger partial charge < -0.3 is 14.2 Å². The number of aryl methyl sites for hydroxylation is 1. The van der Waals surface area contributed by atoms with Crippen LogP contribution >= 0.6 is 0 Å². The average Bonchev–Trinajstić information content (AvgIpc) is 2.80. The lowest BCUT2D eigenvalue weighted by Gasteiger charge is -2.13. The Balaban J connectivity index is 1.90. The van der Waals surface area contributed by atoms with Gasteiger partial charge >= 0.3 is 11.9 Å². The van der Waals surface area contributed by atoms with Gasteiger partial charge in [-0.2, -0.15) is 0 Å². The fourth-order valence-corrected chi connectivity index (χ4v) is 3.21. The fraction of sp³-hybridized carbons (Fsp3) is 0.241. The van der Waals surface area contributed by atoms with E-state index in [1.54, 1.807) is 44.4 Å². The second-order valence-corrected chi connectivity index (χ2v) is 7.95. The standard InChI is InChI=1S/C29H32O5/c1-20(15-16-26-22(3)18-27(32-6)24(5)23(26)4)11-10-12-21(2)17-28(30)33-19-29(31)34-25-13-8-7-9-14-25/h7-18H,19H2,1-6H3. The Morgan fingerprint density at radius 1 is 0.941 bits per heavy atom. The smallest absolute Gasteiger partial charge is 0.349 e. The minimum Gasteiger partial charge on any atom is -0.496 e. The van der Waals surface area contributed by atoms with E-state index in [0.29, 0.717) is 11.3 Å². The molecule has 0 atom stereocenters. The SMILES string of the molecule is COc1cc(C)c(C=CC(C)=CC=CC(C)=CC(=O)OCC(=O)Oc2ccccc2)c(C)c1C. The van der Waals surface area contributed by atoms with Crippen LogP contribution in [0.2, 0.25) is 0 Å². The number of allylic oxidation sites excluding steroid dienone is 6. The molecule has 0 bridgehead atoms. The molecule has 0 aliphatic carbocycles. The predicted octanol–water partition coefficient (Wildman–Crippen LogP) is 6.23. The van der Waals surface area contributed by atoms with Gasteiger partial charge in [0.25, 0.3) is 0 Å². The van der Waals surface area contributed by atoms with Gasteiger partial charge in [-0.1, -0.05) is 54.2 Å². The molecule has 0 saturated heterocycles. The van der Waals surface area contributed by atoms with Crippen LogP contribution < -0.4 is 9.47 Å². The molecule has 178 valence electrons. The van der Waals surface area contributed by atoms with E-state index in [0.717, 1.165) is 22.4 Å². The molecule has 0 aliphatic rings. The molecule has 0 spiro atoms. The van der Waals surface area contributed by atoms with Crippen molar-refractivity contribution in [3.05, 3.63) is 100 Å². The molecular formula is C29H32O5. The zero-order chi connectivity index (χ0) is 25.1. The number of para-hydroxylation sites is 1. The number of ether oxygens (including phenoxy) is 3. The van der Waals surface area contributed by atoms with Crippen LogP contribution in [-0.4, -0.2) is 25.7 Å². The van der Waals surface area contributed by atoms with Gasteiger partial charge in [0.15, 0.2) is 6.61 Å². The molecule has 0 N–H and O–H groups in total. The van der Waals surface area contributed by atoms with E-state index in [4.69, 9.17) is 14.2 Å². The van der Waals surface area contributed by atoms with Crippen LogP contribution in [0, 0.1) is 20.8 Å². The van der Waals surface area contributed by atoms with E-state index >= 15 is 0 Å². The van der Waals surface area contributed by atoms with Crippen molar-refractivity contribution in [3.63, 3.8) is 0 Å². The van der Waals surface area contributed by atoms with Crippen molar-refractivity contribution in [1.82, 2.24) is 0 Å². The van der Waals surface area contributed by atoms with E-state index in [2.05, 4.69) is 39.0 Å². The zero-order valence-electron chi connectivity index (χ0n) is 20.7. The summed E-state index contributed by atoms with van der Waals surface area (Å²) in [7, 11) is 1.69. The molecule has 0 fully saturated rings. The van der Waals surface area contributed by atoms with Gasteiger partial charge in [0.2, 0.25) is 0 Å². The highest BCUT2D eigenvalue weighted by molar-refractivity contribution is 5.85. The van der Waals surface area contributed by atoms with Crippen LogP contribution in [0.3, 0.4) is 0 Å². The molecule has 0 unspecified atom stereocenters. The first kappa shape index (κ1) is 26.4. The number of carbonyl (C=O) groups excluding carboxylic acids is 2. The van der Waals surface area contributed by atoms with Crippen LogP contribution in [0.5, 0.6) is 11.5 Å². The first-order valence-electron chi connectivity index (χ1n) is 11.0. The van der Waals surface area contributed by atoms with E-state index in [1.165, 1.54) is 17.2 Å². The van der Waals surface area contributed by atoms with Crippen molar-refractivity contribution in [2.45, 2.75) is 34.6 Å². The quantitative estimate of drug-likeness (QED) is 0.192. The molecule has 5 nitrogen and oxygen atoms in total. The molecule has 2 aromatic carbocycles. The normalized spacial score (nSPS) is 12.3. The summed E-state index contributed by atoms with van der Waals surface area (Å²) in [6.45, 7) is 9.57. The lowest BCUT2D eigenvalue weighted by molar-refractivity contribution is -0.150. The maximum atomic E-state index is 11.9. The second-order valence-electron chi connectivity index (χ2n) is 7.95. The van der Waals surface area contributed by atoms with E-state index in [9.17, 15) is 9.59 Å². The summed E-state index contributed by atoms with van der Waals surface area (Å²) < 4.78 is 15.5. The largest absolute Gasteiger partial charge is 0.496 e. The summed E-state index contributed by atoms with van der Waals surface area (Å²) in [5, 5.41) is 0. The van der Waals surface area contributed by atoms with Crippen molar-refractivity contribution < 1.29 is 23.8 Å². The van der Waals surface area contributed by atoms with Gasteiger partial charge in [0.05, 0.1) is 7.11 Å². The molecule has 0 heterocycles. The Hall–Kier alpha value is -3.86. The van der Waals surface area contributed by atoms with Gasteiger partial charge in [-0.15, -0.1) is 0 Å². The van der Waals surface area contributed by atoms with Crippen LogP contribution in [0.4, 0.5) is 0 Å². The molecule has 0 aliphatic heterocycles. The third-order valence-electron chi connectivity index (χ3n) is 5.21. The number of benzene rings is 2.